The van der Waals surface area contributed by atoms with Gasteiger partial charge in [-0.1, -0.05) is 145 Å². The maximum absolute atomic E-state index is 14.4. The largest absolute Gasteiger partial charge is 0.392 e. The summed E-state index contributed by atoms with van der Waals surface area (Å²) < 4.78 is 55.0. The minimum atomic E-state index is -1.21. The van der Waals surface area contributed by atoms with Crippen LogP contribution in [-0.4, -0.2) is 435 Å². The topological polar surface area (TPSA) is 192 Å². The Labute approximate surface area is 746 Å². The number of likely N-dealkylation sites (N-methyl/N-ethyl adjacent to an activating group) is 5. The number of carbonyl (C=O) groups is 1. The molecule has 23 nitrogen and oxygen atoms in total. The van der Waals surface area contributed by atoms with Crippen LogP contribution < -0.4 is 5.73 Å². The first kappa shape index (κ1) is 109. The molecule has 13 rings (SSSR count). The van der Waals surface area contributed by atoms with Gasteiger partial charge in [-0.3, -0.25) is 39.1 Å². The molecule has 3 atom stereocenters. The number of β-amino-alcohol motifs (C(OH)–C–C–N with tert-alkyl or cyclic N) is 1. The van der Waals surface area contributed by atoms with E-state index in [4.69, 9.17) is 29.4 Å². The summed E-state index contributed by atoms with van der Waals surface area (Å²) >= 11 is 0. The van der Waals surface area contributed by atoms with Crippen LogP contribution >= 0.6 is 0 Å². The van der Waals surface area contributed by atoms with Crippen LogP contribution in [0.4, 0.5) is 8.78 Å². The van der Waals surface area contributed by atoms with E-state index in [-0.39, 0.29) is 24.2 Å². The Kier molecular flexibility index (Phi) is 46.1. The highest BCUT2D eigenvalue weighted by molar-refractivity contribution is 5.83. The van der Waals surface area contributed by atoms with Crippen molar-refractivity contribution in [3.05, 3.63) is 0 Å². The number of hydrogen-bond acceptors (Lipinski definition) is 22. The zero-order valence-electron chi connectivity index (χ0n) is 83.8. The number of primary amides is 1. The average Bonchev–Trinajstić information content (AvgIpc) is 0.897. The summed E-state index contributed by atoms with van der Waals surface area (Å²) in [4.78, 5) is 41.6. The molecule has 25 heteroatoms. The molecule has 1 amide bonds. The van der Waals surface area contributed by atoms with Gasteiger partial charge < -0.3 is 74.1 Å². The number of amides is 1. The lowest BCUT2D eigenvalue weighted by atomic mass is 9.78. The molecule has 13 aliphatic heterocycles. The Morgan fingerprint density at radius 1 is 0.393 bits per heavy atom. The van der Waals surface area contributed by atoms with Crippen molar-refractivity contribution in [3.8, 4) is 0 Å². The molecule has 0 aromatic heterocycles. The summed E-state index contributed by atoms with van der Waals surface area (Å²) in [6.07, 6.45) is 3.59. The molecule has 0 aromatic rings. The number of rotatable bonds is 36. The number of nitrogens with two attached hydrogens (primary N) is 1. The second-order valence-corrected chi connectivity index (χ2v) is 46.4. The maximum Gasteiger partial charge on any atom is 0.237 e. The fourth-order valence-electron chi connectivity index (χ4n) is 19.8. The van der Waals surface area contributed by atoms with Crippen molar-refractivity contribution in [1.29, 1.82) is 0 Å². The van der Waals surface area contributed by atoms with Gasteiger partial charge in [0, 0.05) is 227 Å². The number of aliphatic hydroxyl groups excluding tert-OH is 2. The first-order valence-corrected chi connectivity index (χ1v) is 48.9. The number of halogens is 2. The molecule has 13 aliphatic rings. The van der Waals surface area contributed by atoms with E-state index in [0.29, 0.717) is 92.4 Å². The smallest absolute Gasteiger partial charge is 0.237 e. The Bertz CT molecular complexity index is 2740. The average molecular weight is 1740 g/mol. The number of ether oxygens (including phenoxy) is 5. The quantitative estimate of drug-likeness (QED) is 0.0463. The summed E-state index contributed by atoms with van der Waals surface area (Å²) in [5.41, 5.74) is 1.87. The zero-order valence-corrected chi connectivity index (χ0v) is 83.8. The fraction of sp³-hybridized carbons (Fsp3) is 0.990. The molecule has 0 bridgehead atoms. The highest BCUT2D eigenvalue weighted by Crippen LogP contribution is 2.36. The molecule has 5 N–H and O–H groups in total. The Balaban J connectivity index is 0.000000216. The molecule has 3 unspecified atom stereocenters. The number of likely N-dealkylation sites (tertiary alicyclic amines) is 8. The van der Waals surface area contributed by atoms with Gasteiger partial charge in [0.05, 0.1) is 82.1 Å². The highest BCUT2D eigenvalue weighted by atomic mass is 19.1. The second-order valence-electron chi connectivity index (χ2n) is 46.4. The van der Waals surface area contributed by atoms with E-state index < -0.39 is 28.4 Å². The van der Waals surface area contributed by atoms with Gasteiger partial charge in [0.1, 0.15) is 16.9 Å². The second kappa shape index (κ2) is 51.5. The molecule has 13 heterocycles. The van der Waals surface area contributed by atoms with Crippen molar-refractivity contribution in [1.82, 2.24) is 63.7 Å². The molecular weight excluding hydrogens is 1540 g/mol. The minimum absolute atomic E-state index is 0.0363. The van der Waals surface area contributed by atoms with E-state index in [0.717, 1.165) is 185 Å². The van der Waals surface area contributed by atoms with Gasteiger partial charge in [0.25, 0.3) is 0 Å². The van der Waals surface area contributed by atoms with Gasteiger partial charge >= 0.3 is 0 Å². The third kappa shape index (κ3) is 38.4. The molecule has 0 saturated carbocycles. The van der Waals surface area contributed by atoms with E-state index in [9.17, 15) is 28.9 Å². The predicted octanol–water partition coefficient (Wildman–Crippen LogP) is 9.65. The van der Waals surface area contributed by atoms with Gasteiger partial charge in [0.2, 0.25) is 5.91 Å². The highest BCUT2D eigenvalue weighted by Gasteiger charge is 2.49. The lowest BCUT2D eigenvalue weighted by molar-refractivity contribution is -0.137. The van der Waals surface area contributed by atoms with Crippen LogP contribution in [0.15, 0.2) is 0 Å². The summed E-state index contributed by atoms with van der Waals surface area (Å²) in [7, 11) is 10.3. The summed E-state index contributed by atoms with van der Waals surface area (Å²) in [5, 5.41) is 30.1. The van der Waals surface area contributed by atoms with Crippen molar-refractivity contribution in [3.63, 3.8) is 0 Å². The summed E-state index contributed by atoms with van der Waals surface area (Å²) in [6.45, 7) is 88.1. The van der Waals surface area contributed by atoms with Gasteiger partial charge in [-0.2, -0.15) is 0 Å². The van der Waals surface area contributed by atoms with Crippen LogP contribution in [-0.2, 0) is 28.5 Å². The van der Waals surface area contributed by atoms with E-state index >= 15 is 0 Å². The van der Waals surface area contributed by atoms with E-state index in [1.807, 2.05) is 7.05 Å². The van der Waals surface area contributed by atoms with Crippen molar-refractivity contribution in [2.24, 2.45) is 99.9 Å². The van der Waals surface area contributed by atoms with E-state index in [1.165, 1.54) is 104 Å². The third-order valence-electron chi connectivity index (χ3n) is 27.0. The van der Waals surface area contributed by atoms with Crippen molar-refractivity contribution in [2.45, 2.75) is 237 Å². The standard InChI is InChI=1S/C13H26FN3O.C13H26N2O.C12H23FN2O.C12H24N2O2.C12H24N2O.C12H23NO.C12H25NO.C11H23NO/c1-10(2)6-17-8-13(14,9-17)7-16(5)12(3,4)11(15)18;1-11(2)6-15-8-12(9-15)7-14(3)13-4-5-16-10-13;1-10(2)4-15-8-12(13,9-15)7-14(3)11-5-16-6-11;1-10(2)4-14-8-12(15,9-14)7-13(3)11-5-16-6-11;1-10(2)4-14-6-11(7-14)5-13(3)12-8-15-9-12;1-10(2)7-13-8-12(9-13)11-3-5-14-6-4-11;1-9(2)6-13-7-10(8-13)11(14)12(3,4)5;1-8(2)5-12-6-10(7-12)11(13)9(3)4/h10H,6-9H2,1-5H3,(H2,15,18);11-13H,4-10H2,1-3H3;10-11H,4-9H2,1-3H3;10-11,15H,4-9H2,1-3H3;10-12H,4-9H2,1-3H3;10-12H,3-9H2,1-2H3;9-11,14H,6-8H2,1-5H3;8-11,13H,5-7H2,1-4H3. The molecular formula is C97H194F2N14O9. The number of alkyl halides is 2. The van der Waals surface area contributed by atoms with Crippen LogP contribution in [0.5, 0.6) is 0 Å². The van der Waals surface area contributed by atoms with Crippen LogP contribution in [0, 0.1) is 94.2 Å². The summed E-state index contributed by atoms with van der Waals surface area (Å²) in [6, 6.07) is 2.33. The third-order valence-corrected chi connectivity index (χ3v) is 27.0. The minimum Gasteiger partial charge on any atom is -0.392 e. The van der Waals surface area contributed by atoms with Gasteiger partial charge in [-0.05, 0) is 151 Å². The van der Waals surface area contributed by atoms with Crippen molar-refractivity contribution < 1.29 is 52.6 Å². The number of carbonyl (C=O) groups excluding carboxylic acids is 1. The first-order chi connectivity index (χ1) is 56.9. The zero-order chi connectivity index (χ0) is 90.9. The van der Waals surface area contributed by atoms with Crippen LogP contribution in [0.25, 0.3) is 0 Å². The number of hydrogen-bond donors (Lipinski definition) is 4. The van der Waals surface area contributed by atoms with Gasteiger partial charge in [-0.25, -0.2) is 8.78 Å². The SMILES string of the molecule is CC(C)CN1CC(C(O)C(C)(C)C)C1.CC(C)CN1CC(C(O)C(C)C)C1.CC(C)CN1CC(C2CCOCC2)C1.CC(C)CN1CC(CN(C)C2CCOC2)C1.CC(C)CN1CC(CN(C)C2COC2)C1.CC(C)CN1CC(F)(CN(C)C(C)(C)C(N)=O)C1.CC(C)CN1CC(F)(CN(C)C2COC2)C1.CC(C)CN1CC(O)(CN(C)C2COC2)C1. The molecule has 0 aromatic carbocycles. The maximum atomic E-state index is 14.4. The molecule has 720 valence electrons. The molecule has 13 saturated heterocycles. The molecule has 0 aliphatic carbocycles. The Morgan fingerprint density at radius 3 is 1.04 bits per heavy atom. The monoisotopic (exact) mass is 1740 g/mol. The van der Waals surface area contributed by atoms with Crippen LogP contribution in [0.3, 0.4) is 0 Å². The lowest BCUT2D eigenvalue weighted by Crippen LogP contribution is -2.67. The molecule has 122 heavy (non-hydrogen) atoms. The predicted molar refractivity (Wildman–Crippen MR) is 500 cm³/mol. The summed E-state index contributed by atoms with van der Waals surface area (Å²) in [5.74, 6) is 10.5. The van der Waals surface area contributed by atoms with Crippen LogP contribution in [0.2, 0.25) is 0 Å². The Morgan fingerprint density at radius 2 is 0.705 bits per heavy atom. The normalized spacial score (nSPS) is 24.5. The van der Waals surface area contributed by atoms with Crippen molar-refractivity contribution in [2.75, 3.05) is 291 Å². The molecule has 0 spiro atoms. The molecule has 13 fully saturated rings. The lowest BCUT2D eigenvalue weighted by Gasteiger charge is -2.50. The first-order valence-electron chi connectivity index (χ1n) is 48.9. The van der Waals surface area contributed by atoms with Gasteiger partial charge in [-0.15, -0.1) is 0 Å². The van der Waals surface area contributed by atoms with E-state index in [2.05, 4.69) is 225 Å². The van der Waals surface area contributed by atoms with E-state index in [1.54, 1.807) is 25.8 Å². The Hall–Kier alpha value is -1.51. The number of nitrogens with zero attached hydrogens (tertiary/aromatic N) is 13. The molecule has 0 radical (unpaired) electrons. The van der Waals surface area contributed by atoms with Crippen molar-refractivity contribution >= 4 is 5.91 Å². The van der Waals surface area contributed by atoms with Crippen LogP contribution in [0.1, 0.15) is 179 Å². The van der Waals surface area contributed by atoms with Gasteiger partial charge in [0.15, 0.2) is 0 Å². The number of aliphatic hydroxyl groups is 3. The fourth-order valence-corrected chi connectivity index (χ4v) is 19.8.